The Morgan fingerprint density at radius 1 is 1.31 bits per heavy atom. The van der Waals surface area contributed by atoms with Crippen LogP contribution in [0, 0.1) is 11.3 Å². The van der Waals surface area contributed by atoms with E-state index in [2.05, 4.69) is 17.1 Å². The first-order valence-electron chi connectivity index (χ1n) is 7.29. The van der Waals surface area contributed by atoms with E-state index in [4.69, 9.17) is 0 Å². The monoisotopic (exact) mass is 222 g/mol. The molecule has 0 aromatic rings. The SMILES string of the molecule is CCC1CCCN1CC1CC12CCNCC2. The first-order valence-corrected chi connectivity index (χ1v) is 7.29. The largest absolute Gasteiger partial charge is 0.317 e. The molecule has 3 aliphatic rings. The van der Waals surface area contributed by atoms with E-state index in [0.717, 1.165) is 17.4 Å². The number of hydrogen-bond donors (Lipinski definition) is 1. The Morgan fingerprint density at radius 2 is 2.12 bits per heavy atom. The molecule has 2 nitrogen and oxygen atoms in total. The average Bonchev–Trinajstić information content (AvgIpc) is 2.77. The standard InChI is InChI=1S/C14H26N2/c1-2-13-4-3-9-16(13)11-12-10-14(12)5-7-15-8-6-14/h12-13,15H,2-11H2,1H3. The van der Waals surface area contributed by atoms with Crippen LogP contribution in [0.15, 0.2) is 0 Å². The van der Waals surface area contributed by atoms with Crippen LogP contribution in [0.3, 0.4) is 0 Å². The summed E-state index contributed by atoms with van der Waals surface area (Å²) in [5, 5.41) is 3.50. The van der Waals surface area contributed by atoms with Crippen LogP contribution in [0.25, 0.3) is 0 Å². The number of nitrogens with one attached hydrogen (secondary N) is 1. The quantitative estimate of drug-likeness (QED) is 0.788. The Bertz CT molecular complexity index is 245. The minimum absolute atomic E-state index is 0.784. The Balaban J connectivity index is 1.53. The topological polar surface area (TPSA) is 15.3 Å². The molecule has 1 N–H and O–H groups in total. The second kappa shape index (κ2) is 4.30. The zero-order chi connectivity index (χ0) is 11.0. The molecule has 0 amide bonds. The van der Waals surface area contributed by atoms with Gasteiger partial charge in [0.05, 0.1) is 0 Å². The summed E-state index contributed by atoms with van der Waals surface area (Å²) in [5.74, 6) is 1.04. The van der Waals surface area contributed by atoms with Gasteiger partial charge in [-0.15, -0.1) is 0 Å². The molecule has 16 heavy (non-hydrogen) atoms. The molecule has 0 aromatic heterocycles. The maximum absolute atomic E-state index is 3.50. The number of nitrogens with zero attached hydrogens (tertiary/aromatic N) is 1. The lowest BCUT2D eigenvalue weighted by molar-refractivity contribution is 0.211. The molecule has 2 saturated heterocycles. The van der Waals surface area contributed by atoms with Gasteiger partial charge in [-0.1, -0.05) is 6.92 Å². The molecule has 0 bridgehead atoms. The highest BCUT2D eigenvalue weighted by Crippen LogP contribution is 2.59. The Labute approximate surface area is 99.8 Å². The molecule has 3 rings (SSSR count). The van der Waals surface area contributed by atoms with Crippen molar-refractivity contribution >= 4 is 0 Å². The fraction of sp³-hybridized carbons (Fsp3) is 1.00. The molecule has 3 fully saturated rings. The highest BCUT2D eigenvalue weighted by atomic mass is 15.2. The fourth-order valence-corrected chi connectivity index (χ4v) is 4.11. The molecule has 2 atom stereocenters. The van der Waals surface area contributed by atoms with Crippen LogP contribution >= 0.6 is 0 Å². The van der Waals surface area contributed by atoms with Crippen molar-refractivity contribution in [1.82, 2.24) is 10.2 Å². The van der Waals surface area contributed by atoms with Crippen molar-refractivity contribution in [2.75, 3.05) is 26.2 Å². The van der Waals surface area contributed by atoms with Crippen molar-refractivity contribution in [3.05, 3.63) is 0 Å². The Hall–Kier alpha value is -0.0800. The minimum Gasteiger partial charge on any atom is -0.317 e. The van der Waals surface area contributed by atoms with Crippen molar-refractivity contribution in [1.29, 1.82) is 0 Å². The summed E-state index contributed by atoms with van der Waals surface area (Å²) in [7, 11) is 0. The van der Waals surface area contributed by atoms with Gasteiger partial charge in [0.15, 0.2) is 0 Å². The van der Waals surface area contributed by atoms with E-state index in [-0.39, 0.29) is 0 Å². The molecular weight excluding hydrogens is 196 g/mol. The first-order chi connectivity index (χ1) is 7.84. The lowest BCUT2D eigenvalue weighted by Crippen LogP contribution is -2.34. The van der Waals surface area contributed by atoms with Crippen LogP contribution in [-0.4, -0.2) is 37.1 Å². The first kappa shape index (κ1) is 11.0. The molecule has 92 valence electrons. The van der Waals surface area contributed by atoms with Crippen molar-refractivity contribution in [2.45, 2.75) is 51.5 Å². The van der Waals surface area contributed by atoms with Crippen molar-refractivity contribution in [3.8, 4) is 0 Å². The summed E-state index contributed by atoms with van der Waals surface area (Å²) in [6.45, 7) is 7.69. The lowest BCUT2D eigenvalue weighted by Gasteiger charge is -2.27. The van der Waals surface area contributed by atoms with Gasteiger partial charge >= 0.3 is 0 Å². The van der Waals surface area contributed by atoms with Crippen molar-refractivity contribution < 1.29 is 0 Å². The highest BCUT2D eigenvalue weighted by Gasteiger charge is 2.54. The van der Waals surface area contributed by atoms with Gasteiger partial charge in [-0.25, -0.2) is 0 Å². The second-order valence-corrected chi connectivity index (χ2v) is 6.21. The number of piperidine rings is 1. The molecule has 1 aliphatic carbocycles. The smallest absolute Gasteiger partial charge is 0.00932 e. The van der Waals surface area contributed by atoms with Crippen LogP contribution < -0.4 is 5.32 Å². The molecule has 2 aliphatic heterocycles. The molecule has 2 heterocycles. The molecular formula is C14H26N2. The molecule has 1 saturated carbocycles. The predicted octanol–water partition coefficient (Wildman–Crippen LogP) is 2.25. The third kappa shape index (κ3) is 1.91. The van der Waals surface area contributed by atoms with Gasteiger partial charge in [0.1, 0.15) is 0 Å². The fourth-order valence-electron chi connectivity index (χ4n) is 4.11. The van der Waals surface area contributed by atoms with Gasteiger partial charge in [-0.2, -0.15) is 0 Å². The van der Waals surface area contributed by atoms with E-state index in [1.54, 1.807) is 0 Å². The van der Waals surface area contributed by atoms with Gasteiger partial charge in [-0.3, -0.25) is 0 Å². The van der Waals surface area contributed by atoms with Crippen molar-refractivity contribution in [3.63, 3.8) is 0 Å². The van der Waals surface area contributed by atoms with E-state index < -0.39 is 0 Å². The number of likely N-dealkylation sites (tertiary alicyclic amines) is 1. The predicted molar refractivity (Wildman–Crippen MR) is 67.5 cm³/mol. The summed E-state index contributed by atoms with van der Waals surface area (Å²) in [4.78, 5) is 2.79. The van der Waals surface area contributed by atoms with Gasteiger partial charge in [0, 0.05) is 12.6 Å². The van der Waals surface area contributed by atoms with Crippen LogP contribution in [-0.2, 0) is 0 Å². The van der Waals surface area contributed by atoms with Crippen molar-refractivity contribution in [2.24, 2.45) is 11.3 Å². The summed E-state index contributed by atoms with van der Waals surface area (Å²) < 4.78 is 0. The zero-order valence-electron chi connectivity index (χ0n) is 10.7. The van der Waals surface area contributed by atoms with E-state index in [0.29, 0.717) is 0 Å². The van der Waals surface area contributed by atoms with Gasteiger partial charge in [0.25, 0.3) is 0 Å². The average molecular weight is 222 g/mol. The maximum atomic E-state index is 3.50. The highest BCUT2D eigenvalue weighted by molar-refractivity contribution is 5.05. The van der Waals surface area contributed by atoms with Gasteiger partial charge < -0.3 is 10.2 Å². The normalized spacial score (nSPS) is 38.1. The molecule has 0 aromatic carbocycles. The minimum atomic E-state index is 0.784. The third-order valence-corrected chi connectivity index (χ3v) is 5.38. The Morgan fingerprint density at radius 3 is 2.88 bits per heavy atom. The van der Waals surface area contributed by atoms with Crippen LogP contribution in [0.5, 0.6) is 0 Å². The molecule has 1 spiro atoms. The van der Waals surface area contributed by atoms with Gasteiger partial charge in [-0.05, 0) is 69.5 Å². The molecule has 2 unspecified atom stereocenters. The third-order valence-electron chi connectivity index (χ3n) is 5.38. The van der Waals surface area contributed by atoms with E-state index in [9.17, 15) is 0 Å². The van der Waals surface area contributed by atoms with E-state index in [1.165, 1.54) is 64.7 Å². The number of hydrogen-bond acceptors (Lipinski definition) is 2. The maximum Gasteiger partial charge on any atom is 0.00932 e. The summed E-state index contributed by atoms with van der Waals surface area (Å²) in [6, 6.07) is 0.916. The van der Waals surface area contributed by atoms with Gasteiger partial charge in [0.2, 0.25) is 0 Å². The summed E-state index contributed by atoms with van der Waals surface area (Å²) >= 11 is 0. The van der Waals surface area contributed by atoms with Crippen LogP contribution in [0.4, 0.5) is 0 Å². The lowest BCUT2D eigenvalue weighted by atomic mass is 9.92. The second-order valence-electron chi connectivity index (χ2n) is 6.21. The zero-order valence-corrected chi connectivity index (χ0v) is 10.7. The number of rotatable bonds is 3. The van der Waals surface area contributed by atoms with Crippen LogP contribution in [0.1, 0.15) is 45.4 Å². The van der Waals surface area contributed by atoms with Crippen LogP contribution in [0.2, 0.25) is 0 Å². The van der Waals surface area contributed by atoms with E-state index in [1.807, 2.05) is 0 Å². The molecule has 0 radical (unpaired) electrons. The summed E-state index contributed by atoms with van der Waals surface area (Å²) in [5.41, 5.74) is 0.784. The summed E-state index contributed by atoms with van der Waals surface area (Å²) in [6.07, 6.45) is 8.69. The molecule has 2 heteroatoms. The van der Waals surface area contributed by atoms with E-state index >= 15 is 0 Å². The Kier molecular flexibility index (Phi) is 2.97.